The molecule has 0 fully saturated rings. The van der Waals surface area contributed by atoms with Crippen LogP contribution in [0.15, 0.2) is 76.7 Å². The predicted octanol–water partition coefficient (Wildman–Crippen LogP) is 4.15. The summed E-state index contributed by atoms with van der Waals surface area (Å²) in [4.78, 5) is 36.9. The van der Waals surface area contributed by atoms with Gasteiger partial charge in [0.1, 0.15) is 17.7 Å². The number of carbonyl (C=O) groups is 2. The number of para-hydroxylation sites is 1. The number of nitrogens with zero attached hydrogens (tertiary/aromatic N) is 3. The maximum Gasteiger partial charge on any atom is 0.259 e. The summed E-state index contributed by atoms with van der Waals surface area (Å²) < 4.78 is 24.9. The maximum atomic E-state index is 14.2. The molecule has 37 heavy (non-hydrogen) atoms. The average Bonchev–Trinajstić information content (AvgIpc) is 3.51. The van der Waals surface area contributed by atoms with Crippen LogP contribution in [0.3, 0.4) is 0 Å². The number of amidine groups is 2. The molecule has 3 aliphatic heterocycles. The molecule has 2 amide bonds. The molecule has 0 spiro atoms. The summed E-state index contributed by atoms with van der Waals surface area (Å²) in [5, 5.41) is 3.26. The molecule has 0 bridgehead atoms. The number of nitrogens with one attached hydrogen (secondary N) is 1. The van der Waals surface area contributed by atoms with E-state index in [0.717, 1.165) is 5.56 Å². The third-order valence-corrected chi connectivity index (χ3v) is 7.16. The maximum absolute atomic E-state index is 14.2. The van der Waals surface area contributed by atoms with Crippen LogP contribution in [-0.2, 0) is 21.9 Å². The van der Waals surface area contributed by atoms with Crippen LogP contribution in [-0.4, -0.2) is 40.6 Å². The van der Waals surface area contributed by atoms with Crippen molar-refractivity contribution in [3.63, 3.8) is 0 Å². The molecule has 186 valence electrons. The quantitative estimate of drug-likeness (QED) is 0.531. The van der Waals surface area contributed by atoms with Gasteiger partial charge in [0.05, 0.1) is 12.1 Å². The fourth-order valence-corrected chi connectivity index (χ4v) is 5.28. The Morgan fingerprint density at radius 1 is 1.08 bits per heavy atom. The Labute approximate surface area is 216 Å². The van der Waals surface area contributed by atoms with E-state index in [1.165, 1.54) is 22.7 Å². The molecular weight excluding hydrogens is 495 g/mol. The lowest BCUT2D eigenvalue weighted by Crippen LogP contribution is -2.42. The highest BCUT2D eigenvalue weighted by molar-refractivity contribution is 8.13. The Balaban J connectivity index is 1.17. The first-order valence-corrected chi connectivity index (χ1v) is 12.7. The Kier molecular flexibility index (Phi) is 6.09. The minimum Gasteiger partial charge on any atom is -0.454 e. The molecule has 3 aromatic carbocycles. The first-order valence-electron chi connectivity index (χ1n) is 11.7. The lowest BCUT2D eigenvalue weighted by atomic mass is 10.1. The number of amides is 2. The summed E-state index contributed by atoms with van der Waals surface area (Å²) in [6.45, 7) is 0.462. The molecule has 10 heteroatoms. The number of hydrogen-bond donors (Lipinski definition) is 1. The van der Waals surface area contributed by atoms with Crippen LogP contribution in [0.2, 0.25) is 0 Å². The molecule has 3 heterocycles. The molecule has 0 saturated carbocycles. The summed E-state index contributed by atoms with van der Waals surface area (Å²) >= 11 is 1.26. The minimum atomic E-state index is -0.878. The van der Waals surface area contributed by atoms with E-state index in [4.69, 9.17) is 9.47 Å². The Morgan fingerprint density at radius 2 is 1.89 bits per heavy atom. The largest absolute Gasteiger partial charge is 0.454 e. The van der Waals surface area contributed by atoms with Gasteiger partial charge in [0, 0.05) is 17.9 Å². The lowest BCUT2D eigenvalue weighted by molar-refractivity contribution is -0.128. The van der Waals surface area contributed by atoms with E-state index in [-0.39, 0.29) is 37.4 Å². The fourth-order valence-electron chi connectivity index (χ4n) is 4.29. The summed E-state index contributed by atoms with van der Waals surface area (Å²) in [5.74, 6) is 1.12. The van der Waals surface area contributed by atoms with Crippen molar-refractivity contribution >= 4 is 40.3 Å². The van der Waals surface area contributed by atoms with Crippen LogP contribution in [0.4, 0.5) is 10.1 Å². The zero-order valence-electron chi connectivity index (χ0n) is 19.5. The smallest absolute Gasteiger partial charge is 0.259 e. The topological polar surface area (TPSA) is 92.6 Å². The first kappa shape index (κ1) is 23.2. The zero-order chi connectivity index (χ0) is 25.4. The van der Waals surface area contributed by atoms with E-state index < -0.39 is 6.04 Å². The highest BCUT2D eigenvalue weighted by atomic mass is 32.2. The molecule has 3 aromatic rings. The number of carbonyl (C=O) groups excluding carboxylic acids is 2. The monoisotopic (exact) mass is 516 g/mol. The molecule has 8 nitrogen and oxygen atoms in total. The molecule has 1 atom stereocenters. The molecule has 3 aliphatic rings. The van der Waals surface area contributed by atoms with E-state index in [2.05, 4.69) is 15.3 Å². The van der Waals surface area contributed by atoms with Crippen LogP contribution in [0.5, 0.6) is 11.5 Å². The van der Waals surface area contributed by atoms with Gasteiger partial charge in [-0.15, -0.1) is 0 Å². The normalized spacial score (nSPS) is 17.2. The van der Waals surface area contributed by atoms with Crippen molar-refractivity contribution in [3.05, 3.63) is 89.2 Å². The molecular formula is C27H21FN4O4S. The highest BCUT2D eigenvalue weighted by Crippen LogP contribution is 2.35. The molecule has 0 radical (unpaired) electrons. The van der Waals surface area contributed by atoms with Crippen molar-refractivity contribution in [1.29, 1.82) is 0 Å². The first-order chi connectivity index (χ1) is 18.1. The van der Waals surface area contributed by atoms with Gasteiger partial charge < -0.3 is 14.8 Å². The number of halogens is 1. The summed E-state index contributed by atoms with van der Waals surface area (Å²) in [6.07, 6.45) is -0.100. The van der Waals surface area contributed by atoms with Crippen molar-refractivity contribution in [3.8, 4) is 11.5 Å². The van der Waals surface area contributed by atoms with Gasteiger partial charge in [0.2, 0.25) is 12.7 Å². The highest BCUT2D eigenvalue weighted by Gasteiger charge is 2.42. The number of aliphatic imine (C=N–C) groups is 2. The van der Waals surface area contributed by atoms with Crippen LogP contribution in [0.25, 0.3) is 0 Å². The second-order valence-corrected chi connectivity index (χ2v) is 9.54. The van der Waals surface area contributed by atoms with E-state index in [0.29, 0.717) is 45.1 Å². The Hall–Kier alpha value is -4.18. The number of ether oxygens (including phenoxy) is 2. The van der Waals surface area contributed by atoms with Crippen molar-refractivity contribution in [2.75, 3.05) is 6.79 Å². The van der Waals surface area contributed by atoms with Gasteiger partial charge in [-0.3, -0.25) is 14.6 Å². The van der Waals surface area contributed by atoms with E-state index in [9.17, 15) is 14.0 Å². The zero-order valence-corrected chi connectivity index (χ0v) is 20.3. The van der Waals surface area contributed by atoms with Gasteiger partial charge in [-0.25, -0.2) is 14.3 Å². The summed E-state index contributed by atoms with van der Waals surface area (Å²) in [7, 11) is 0. The second kappa shape index (κ2) is 9.70. The third-order valence-electron chi connectivity index (χ3n) is 6.17. The Morgan fingerprint density at radius 3 is 2.78 bits per heavy atom. The van der Waals surface area contributed by atoms with Gasteiger partial charge in [0.15, 0.2) is 16.7 Å². The van der Waals surface area contributed by atoms with Gasteiger partial charge in [-0.2, -0.15) is 0 Å². The van der Waals surface area contributed by atoms with Crippen molar-refractivity contribution in [2.24, 2.45) is 9.98 Å². The Bertz CT molecular complexity index is 1470. The van der Waals surface area contributed by atoms with Crippen molar-refractivity contribution in [1.82, 2.24) is 10.2 Å². The van der Waals surface area contributed by atoms with Crippen molar-refractivity contribution < 1.29 is 23.5 Å². The molecule has 1 N–H and O–H groups in total. The van der Waals surface area contributed by atoms with Crippen LogP contribution in [0.1, 0.15) is 23.1 Å². The SMILES string of the molecule is O=C(C[C@H]1N=C2c3ccccc3N=C(SCc3ccccc3F)N2C1=O)NCc1ccc2c(c1)OCO2. The third kappa shape index (κ3) is 4.55. The minimum absolute atomic E-state index is 0.100. The second-order valence-electron chi connectivity index (χ2n) is 8.60. The van der Waals surface area contributed by atoms with Gasteiger partial charge in [-0.1, -0.05) is 48.2 Å². The lowest BCUT2D eigenvalue weighted by Gasteiger charge is -2.25. The van der Waals surface area contributed by atoms with Crippen LogP contribution >= 0.6 is 11.8 Å². The summed E-state index contributed by atoms with van der Waals surface area (Å²) in [5.41, 5.74) is 2.76. The average molecular weight is 517 g/mol. The van der Waals surface area contributed by atoms with Gasteiger partial charge in [-0.05, 0) is 41.5 Å². The van der Waals surface area contributed by atoms with Crippen molar-refractivity contribution in [2.45, 2.75) is 24.8 Å². The fraction of sp³-hybridized carbons (Fsp3) is 0.185. The number of fused-ring (bicyclic) bond motifs is 4. The molecule has 0 saturated heterocycles. The molecule has 6 rings (SSSR count). The number of benzene rings is 3. The number of hydrogen-bond acceptors (Lipinski definition) is 7. The predicted molar refractivity (Wildman–Crippen MR) is 137 cm³/mol. The summed E-state index contributed by atoms with van der Waals surface area (Å²) in [6, 6.07) is 18.5. The molecule has 0 unspecified atom stereocenters. The van der Waals surface area contributed by atoms with Crippen LogP contribution < -0.4 is 14.8 Å². The molecule has 0 aromatic heterocycles. The van der Waals surface area contributed by atoms with Gasteiger partial charge >= 0.3 is 0 Å². The van der Waals surface area contributed by atoms with E-state index in [1.807, 2.05) is 36.4 Å². The standard InChI is InChI=1S/C27H21FN4O4S/c28-19-7-3-1-5-17(19)14-37-27-31-20-8-4-2-6-18(20)25-30-21(26(34)32(25)27)12-24(33)29-13-16-9-10-22-23(11-16)36-15-35-22/h1-11,21H,12-15H2,(H,29,33)/t21-/m1/s1. The number of thioether (sulfide) groups is 1. The van der Waals surface area contributed by atoms with Crippen LogP contribution in [0, 0.1) is 5.82 Å². The van der Waals surface area contributed by atoms with Gasteiger partial charge in [0.25, 0.3) is 5.91 Å². The number of rotatable bonds is 6. The van der Waals surface area contributed by atoms with E-state index in [1.54, 1.807) is 24.3 Å². The van der Waals surface area contributed by atoms with E-state index >= 15 is 0 Å². The molecule has 0 aliphatic carbocycles.